The summed E-state index contributed by atoms with van der Waals surface area (Å²) < 4.78 is 18.9. The van der Waals surface area contributed by atoms with Crippen molar-refractivity contribution >= 4 is 5.91 Å². The summed E-state index contributed by atoms with van der Waals surface area (Å²) in [5, 5.41) is 10.4. The van der Waals surface area contributed by atoms with Crippen molar-refractivity contribution in [2.24, 2.45) is 0 Å². The van der Waals surface area contributed by atoms with E-state index in [9.17, 15) is 14.3 Å². The number of carbonyl (C=O) groups excluding carboxylic acids is 1. The van der Waals surface area contributed by atoms with Crippen molar-refractivity contribution in [2.45, 2.75) is 25.4 Å². The standard InChI is InChI=1S/C15H20FNO3/c1-11-3-4-13(16)12(9-11)14(18)17(2)10-15(19)5-7-20-8-6-15/h3-4,9,19H,5-8,10H2,1-2H3. The fourth-order valence-corrected chi connectivity index (χ4v) is 2.43. The second-order valence-electron chi connectivity index (χ2n) is 5.48. The second-order valence-corrected chi connectivity index (χ2v) is 5.48. The van der Waals surface area contributed by atoms with Gasteiger partial charge in [0.05, 0.1) is 11.2 Å². The molecule has 0 atom stereocenters. The molecule has 5 heteroatoms. The molecule has 1 N–H and O–H groups in total. The number of nitrogens with zero attached hydrogens (tertiary/aromatic N) is 1. The minimum atomic E-state index is -0.942. The molecule has 1 fully saturated rings. The largest absolute Gasteiger partial charge is 0.388 e. The number of amides is 1. The maximum atomic E-state index is 13.7. The number of benzene rings is 1. The van der Waals surface area contributed by atoms with Crippen LogP contribution in [0.5, 0.6) is 0 Å². The van der Waals surface area contributed by atoms with Crippen LogP contribution in [0.15, 0.2) is 18.2 Å². The van der Waals surface area contributed by atoms with E-state index < -0.39 is 17.3 Å². The lowest BCUT2D eigenvalue weighted by atomic mass is 9.93. The van der Waals surface area contributed by atoms with E-state index in [0.29, 0.717) is 26.1 Å². The van der Waals surface area contributed by atoms with E-state index >= 15 is 0 Å². The Morgan fingerprint density at radius 2 is 2.10 bits per heavy atom. The molecule has 1 amide bonds. The highest BCUT2D eigenvalue weighted by molar-refractivity contribution is 5.94. The molecule has 0 unspecified atom stereocenters. The number of likely N-dealkylation sites (N-methyl/N-ethyl adjacent to an activating group) is 1. The zero-order chi connectivity index (χ0) is 14.8. The van der Waals surface area contributed by atoms with Gasteiger partial charge in [-0.3, -0.25) is 4.79 Å². The van der Waals surface area contributed by atoms with Gasteiger partial charge >= 0.3 is 0 Å². The van der Waals surface area contributed by atoms with Crippen LogP contribution in [0.1, 0.15) is 28.8 Å². The lowest BCUT2D eigenvalue weighted by Crippen LogP contribution is -2.47. The maximum Gasteiger partial charge on any atom is 0.256 e. The predicted molar refractivity (Wildman–Crippen MR) is 73.1 cm³/mol. The highest BCUT2D eigenvalue weighted by Crippen LogP contribution is 2.22. The van der Waals surface area contributed by atoms with Gasteiger partial charge in [0.15, 0.2) is 0 Å². The van der Waals surface area contributed by atoms with Crippen LogP contribution in [-0.4, -0.2) is 48.3 Å². The maximum absolute atomic E-state index is 13.7. The third-order valence-corrected chi connectivity index (χ3v) is 3.65. The van der Waals surface area contributed by atoms with Gasteiger partial charge in [0, 0.05) is 39.6 Å². The van der Waals surface area contributed by atoms with Crippen LogP contribution in [0.4, 0.5) is 4.39 Å². The molecule has 110 valence electrons. The van der Waals surface area contributed by atoms with Gasteiger partial charge in [0.25, 0.3) is 5.91 Å². The third-order valence-electron chi connectivity index (χ3n) is 3.65. The Labute approximate surface area is 118 Å². The average Bonchev–Trinajstić information content (AvgIpc) is 2.41. The monoisotopic (exact) mass is 281 g/mol. The number of aliphatic hydroxyl groups is 1. The van der Waals surface area contributed by atoms with E-state index in [0.717, 1.165) is 5.56 Å². The summed E-state index contributed by atoms with van der Waals surface area (Å²) in [6.07, 6.45) is 0.974. The molecule has 1 aromatic carbocycles. The number of ether oxygens (including phenoxy) is 1. The lowest BCUT2D eigenvalue weighted by molar-refractivity contribution is -0.0734. The zero-order valence-corrected chi connectivity index (χ0v) is 11.9. The van der Waals surface area contributed by atoms with Crippen molar-refractivity contribution in [1.29, 1.82) is 0 Å². The summed E-state index contributed by atoms with van der Waals surface area (Å²) in [7, 11) is 1.58. The van der Waals surface area contributed by atoms with Crippen molar-refractivity contribution in [3.8, 4) is 0 Å². The van der Waals surface area contributed by atoms with Crippen molar-refractivity contribution in [3.05, 3.63) is 35.1 Å². The Kier molecular flexibility index (Phi) is 4.40. The molecule has 0 spiro atoms. The summed E-state index contributed by atoms with van der Waals surface area (Å²) in [5.74, 6) is -0.947. The molecule has 0 bridgehead atoms. The molecule has 0 radical (unpaired) electrons. The normalized spacial score (nSPS) is 17.8. The molecule has 1 heterocycles. The first-order valence-corrected chi connectivity index (χ1v) is 6.73. The van der Waals surface area contributed by atoms with Crippen LogP contribution < -0.4 is 0 Å². The van der Waals surface area contributed by atoms with Crippen LogP contribution >= 0.6 is 0 Å². The van der Waals surface area contributed by atoms with E-state index in [2.05, 4.69) is 0 Å². The van der Waals surface area contributed by atoms with Gasteiger partial charge in [0.2, 0.25) is 0 Å². The highest BCUT2D eigenvalue weighted by atomic mass is 19.1. The average molecular weight is 281 g/mol. The van der Waals surface area contributed by atoms with Crippen molar-refractivity contribution in [2.75, 3.05) is 26.8 Å². The molecule has 1 aliphatic heterocycles. The molecule has 0 saturated carbocycles. The van der Waals surface area contributed by atoms with Crippen LogP contribution in [-0.2, 0) is 4.74 Å². The Morgan fingerprint density at radius 1 is 1.45 bits per heavy atom. The first-order chi connectivity index (χ1) is 9.41. The molecule has 0 aliphatic carbocycles. The number of halogens is 1. The van der Waals surface area contributed by atoms with E-state index in [4.69, 9.17) is 4.74 Å². The number of rotatable bonds is 3. The van der Waals surface area contributed by atoms with Crippen molar-refractivity contribution in [1.82, 2.24) is 4.90 Å². The molecule has 2 rings (SSSR count). The molecule has 4 nitrogen and oxygen atoms in total. The smallest absolute Gasteiger partial charge is 0.256 e. The molecular formula is C15H20FNO3. The van der Waals surface area contributed by atoms with Crippen LogP contribution in [0.2, 0.25) is 0 Å². The fraction of sp³-hybridized carbons (Fsp3) is 0.533. The van der Waals surface area contributed by atoms with E-state index in [1.807, 2.05) is 6.92 Å². The van der Waals surface area contributed by atoms with E-state index in [1.54, 1.807) is 13.1 Å². The van der Waals surface area contributed by atoms with Crippen molar-refractivity contribution < 1.29 is 19.0 Å². The zero-order valence-electron chi connectivity index (χ0n) is 11.9. The molecule has 1 saturated heterocycles. The quantitative estimate of drug-likeness (QED) is 0.918. The first kappa shape index (κ1) is 14.9. The van der Waals surface area contributed by atoms with Crippen molar-refractivity contribution in [3.63, 3.8) is 0 Å². The van der Waals surface area contributed by atoms with Gasteiger partial charge < -0.3 is 14.7 Å². The number of hydrogen-bond acceptors (Lipinski definition) is 3. The summed E-state index contributed by atoms with van der Waals surface area (Å²) in [4.78, 5) is 13.7. The molecule has 0 aromatic heterocycles. The Bertz CT molecular complexity index is 498. The fourth-order valence-electron chi connectivity index (χ4n) is 2.43. The first-order valence-electron chi connectivity index (χ1n) is 6.73. The Hall–Kier alpha value is -1.46. The molecular weight excluding hydrogens is 261 g/mol. The number of hydrogen-bond donors (Lipinski definition) is 1. The third kappa shape index (κ3) is 3.35. The van der Waals surface area contributed by atoms with Crippen LogP contribution in [0.3, 0.4) is 0 Å². The minimum absolute atomic E-state index is 0.0446. The molecule has 1 aliphatic rings. The summed E-state index contributed by atoms with van der Waals surface area (Å²) in [6.45, 7) is 2.96. The van der Waals surface area contributed by atoms with E-state index in [-0.39, 0.29) is 12.1 Å². The van der Waals surface area contributed by atoms with Gasteiger partial charge in [-0.05, 0) is 19.1 Å². The SMILES string of the molecule is Cc1ccc(F)c(C(=O)N(C)CC2(O)CCOCC2)c1. The summed E-state index contributed by atoms with van der Waals surface area (Å²) in [6, 6.07) is 4.44. The van der Waals surface area contributed by atoms with Gasteiger partial charge in [-0.25, -0.2) is 4.39 Å². The van der Waals surface area contributed by atoms with Crippen LogP contribution in [0, 0.1) is 12.7 Å². The number of aryl methyl sites for hydroxylation is 1. The minimum Gasteiger partial charge on any atom is -0.388 e. The van der Waals surface area contributed by atoms with Crippen LogP contribution in [0.25, 0.3) is 0 Å². The van der Waals surface area contributed by atoms with Gasteiger partial charge in [0.1, 0.15) is 5.82 Å². The molecule has 1 aromatic rings. The topological polar surface area (TPSA) is 49.8 Å². The predicted octanol–water partition coefficient (Wildman–Crippen LogP) is 1.75. The second kappa shape index (κ2) is 5.89. The van der Waals surface area contributed by atoms with Gasteiger partial charge in [-0.15, -0.1) is 0 Å². The molecule has 20 heavy (non-hydrogen) atoms. The Balaban J connectivity index is 2.10. The Morgan fingerprint density at radius 3 is 2.75 bits per heavy atom. The lowest BCUT2D eigenvalue weighted by Gasteiger charge is -2.35. The van der Waals surface area contributed by atoms with E-state index in [1.165, 1.54) is 17.0 Å². The van der Waals surface area contributed by atoms with Gasteiger partial charge in [-0.2, -0.15) is 0 Å². The highest BCUT2D eigenvalue weighted by Gasteiger charge is 2.33. The summed E-state index contributed by atoms with van der Waals surface area (Å²) >= 11 is 0. The van der Waals surface area contributed by atoms with Gasteiger partial charge in [-0.1, -0.05) is 11.6 Å². The number of carbonyl (C=O) groups is 1. The summed E-state index contributed by atoms with van der Waals surface area (Å²) in [5.41, 5.74) is -0.0701.